The quantitative estimate of drug-likeness (QED) is 0.295. The second-order valence-electron chi connectivity index (χ2n) is 7.54. The van der Waals surface area contributed by atoms with Crippen molar-refractivity contribution in [1.82, 2.24) is 0 Å². The molecule has 30 heavy (non-hydrogen) atoms. The molecule has 0 saturated carbocycles. The van der Waals surface area contributed by atoms with Crippen LogP contribution in [0.3, 0.4) is 0 Å². The van der Waals surface area contributed by atoms with Gasteiger partial charge in [-0.15, -0.1) is 0 Å². The van der Waals surface area contributed by atoms with Crippen molar-refractivity contribution in [2.24, 2.45) is 0 Å². The molecule has 0 heterocycles. The molecule has 4 aromatic rings. The van der Waals surface area contributed by atoms with Gasteiger partial charge in [0.2, 0.25) is 0 Å². The number of phenols is 4. The molecule has 0 aliphatic heterocycles. The summed E-state index contributed by atoms with van der Waals surface area (Å²) in [7, 11) is 0. The summed E-state index contributed by atoms with van der Waals surface area (Å²) >= 11 is 0. The predicted octanol–water partition coefficient (Wildman–Crippen LogP) is 6.46. The lowest BCUT2D eigenvalue weighted by Gasteiger charge is -2.10. The van der Waals surface area contributed by atoms with Crippen molar-refractivity contribution < 1.29 is 20.4 Å². The Hall–Kier alpha value is -3.40. The van der Waals surface area contributed by atoms with E-state index in [1.807, 2.05) is 48.5 Å². The van der Waals surface area contributed by atoms with Crippen molar-refractivity contribution in [3.05, 3.63) is 71.3 Å². The minimum absolute atomic E-state index is 0.0128. The molecule has 0 saturated heterocycles. The maximum absolute atomic E-state index is 9.87. The van der Waals surface area contributed by atoms with E-state index in [0.717, 1.165) is 57.5 Å². The van der Waals surface area contributed by atoms with Gasteiger partial charge in [0, 0.05) is 16.7 Å². The smallest absolute Gasteiger partial charge is 0.161 e. The molecule has 0 bridgehead atoms. The molecular weight excluding hydrogens is 376 g/mol. The van der Waals surface area contributed by atoms with Crippen LogP contribution >= 0.6 is 0 Å². The van der Waals surface area contributed by atoms with E-state index >= 15 is 0 Å². The molecule has 0 atom stereocenters. The molecule has 0 radical (unpaired) electrons. The van der Waals surface area contributed by atoms with E-state index in [9.17, 15) is 20.4 Å². The Balaban J connectivity index is 0.000000172. The summed E-state index contributed by atoms with van der Waals surface area (Å²) < 4.78 is 0. The van der Waals surface area contributed by atoms with Gasteiger partial charge in [-0.05, 0) is 54.3 Å². The summed E-state index contributed by atoms with van der Waals surface area (Å²) in [4.78, 5) is 0. The van der Waals surface area contributed by atoms with Crippen molar-refractivity contribution >= 4 is 21.5 Å². The van der Waals surface area contributed by atoms with Gasteiger partial charge < -0.3 is 20.4 Å². The van der Waals surface area contributed by atoms with Crippen molar-refractivity contribution in [2.45, 2.75) is 40.0 Å². The van der Waals surface area contributed by atoms with Crippen LogP contribution in [0.1, 0.15) is 36.5 Å². The zero-order valence-corrected chi connectivity index (χ0v) is 17.6. The van der Waals surface area contributed by atoms with E-state index in [4.69, 9.17) is 0 Å². The number of fused-ring (bicyclic) bond motifs is 2. The summed E-state index contributed by atoms with van der Waals surface area (Å²) in [5.74, 6) is -0.0145. The number of hydrogen-bond acceptors (Lipinski definition) is 4. The van der Waals surface area contributed by atoms with Gasteiger partial charge in [-0.25, -0.2) is 0 Å². The Morgan fingerprint density at radius 2 is 1.17 bits per heavy atom. The van der Waals surface area contributed by atoms with Crippen LogP contribution in [0.2, 0.25) is 0 Å². The molecule has 4 N–H and O–H groups in total. The number of phenolic OH excluding ortho intramolecular Hbond substituents is 4. The van der Waals surface area contributed by atoms with Crippen LogP contribution in [0.25, 0.3) is 21.5 Å². The minimum atomic E-state index is -0.0233. The van der Waals surface area contributed by atoms with Gasteiger partial charge in [-0.1, -0.05) is 61.9 Å². The van der Waals surface area contributed by atoms with Crippen molar-refractivity contribution in [1.29, 1.82) is 0 Å². The fraction of sp³-hybridized carbons (Fsp3) is 0.231. The van der Waals surface area contributed by atoms with Crippen LogP contribution in [0, 0.1) is 13.8 Å². The average Bonchev–Trinajstić information content (AvgIpc) is 2.77. The van der Waals surface area contributed by atoms with Crippen LogP contribution in [0.15, 0.2) is 54.6 Å². The van der Waals surface area contributed by atoms with Crippen LogP contribution in [0.5, 0.6) is 23.0 Å². The first kappa shape index (κ1) is 21.3. The molecule has 0 aromatic heterocycles. The maximum atomic E-state index is 9.87. The molecule has 4 heteroatoms. The van der Waals surface area contributed by atoms with E-state index in [-0.39, 0.29) is 23.0 Å². The second kappa shape index (κ2) is 8.95. The predicted molar refractivity (Wildman–Crippen MR) is 123 cm³/mol. The average molecular weight is 405 g/mol. The van der Waals surface area contributed by atoms with Gasteiger partial charge in [0.1, 0.15) is 0 Å². The SMILES string of the molecule is CCCCc1c(O)c(O)cc2ccccc12.Cc1c(O)c(O)c(C)c2ccccc12. The highest BCUT2D eigenvalue weighted by atomic mass is 16.3. The van der Waals surface area contributed by atoms with Gasteiger partial charge in [-0.2, -0.15) is 0 Å². The summed E-state index contributed by atoms with van der Waals surface area (Å²) in [5.41, 5.74) is 2.31. The molecule has 4 aromatic carbocycles. The molecule has 0 fully saturated rings. The molecule has 0 spiro atoms. The Morgan fingerprint density at radius 3 is 1.70 bits per heavy atom. The summed E-state index contributed by atoms with van der Waals surface area (Å²) in [6, 6.07) is 17.2. The Bertz CT molecular complexity index is 1150. The first-order valence-corrected chi connectivity index (χ1v) is 10.2. The highest BCUT2D eigenvalue weighted by Gasteiger charge is 2.12. The molecule has 156 valence electrons. The van der Waals surface area contributed by atoms with Crippen molar-refractivity contribution in [3.8, 4) is 23.0 Å². The number of benzene rings is 4. The van der Waals surface area contributed by atoms with Crippen LogP contribution in [-0.4, -0.2) is 20.4 Å². The lowest BCUT2D eigenvalue weighted by Crippen LogP contribution is -1.89. The second-order valence-corrected chi connectivity index (χ2v) is 7.54. The molecular formula is C26H28O4. The van der Waals surface area contributed by atoms with E-state index in [1.165, 1.54) is 0 Å². The Kier molecular flexibility index (Phi) is 6.36. The van der Waals surface area contributed by atoms with Crippen LogP contribution < -0.4 is 0 Å². The molecule has 4 rings (SSSR count). The van der Waals surface area contributed by atoms with Crippen molar-refractivity contribution in [2.75, 3.05) is 0 Å². The summed E-state index contributed by atoms with van der Waals surface area (Å²) in [5, 5.41) is 42.8. The highest BCUT2D eigenvalue weighted by molar-refractivity contribution is 5.93. The molecule has 0 unspecified atom stereocenters. The molecule has 4 nitrogen and oxygen atoms in total. The standard InChI is InChI=1S/C14H16O2.C12H12O2/c1-2-3-7-12-11-8-5-4-6-10(11)9-13(15)14(12)16;1-7-9-5-3-4-6-10(9)8(2)12(14)11(7)13/h4-6,8-9,15-16H,2-3,7H2,1H3;3-6,13-14H,1-2H3. The van der Waals surface area contributed by atoms with Crippen LogP contribution in [-0.2, 0) is 6.42 Å². The van der Waals surface area contributed by atoms with E-state index in [1.54, 1.807) is 19.9 Å². The van der Waals surface area contributed by atoms with Gasteiger partial charge >= 0.3 is 0 Å². The fourth-order valence-corrected chi connectivity index (χ4v) is 3.75. The number of rotatable bonds is 3. The molecule has 0 aliphatic rings. The lowest BCUT2D eigenvalue weighted by atomic mass is 9.98. The first-order valence-electron chi connectivity index (χ1n) is 10.2. The lowest BCUT2D eigenvalue weighted by molar-refractivity contribution is 0.400. The zero-order valence-electron chi connectivity index (χ0n) is 17.6. The Labute approximate surface area is 176 Å². The largest absolute Gasteiger partial charge is 0.504 e. The van der Waals surface area contributed by atoms with E-state index in [2.05, 4.69) is 6.92 Å². The van der Waals surface area contributed by atoms with Gasteiger partial charge in [-0.3, -0.25) is 0 Å². The van der Waals surface area contributed by atoms with Gasteiger partial charge in [0.15, 0.2) is 23.0 Å². The van der Waals surface area contributed by atoms with E-state index in [0.29, 0.717) is 0 Å². The third kappa shape index (κ3) is 3.99. The van der Waals surface area contributed by atoms with E-state index < -0.39 is 0 Å². The van der Waals surface area contributed by atoms with Crippen molar-refractivity contribution in [3.63, 3.8) is 0 Å². The minimum Gasteiger partial charge on any atom is -0.504 e. The third-order valence-electron chi connectivity index (χ3n) is 5.56. The summed E-state index contributed by atoms with van der Waals surface area (Å²) in [6.45, 7) is 5.72. The number of aryl methyl sites for hydroxylation is 3. The van der Waals surface area contributed by atoms with Gasteiger partial charge in [0.05, 0.1) is 0 Å². The normalized spacial score (nSPS) is 10.8. The fourth-order valence-electron chi connectivity index (χ4n) is 3.75. The number of unbranched alkanes of at least 4 members (excludes halogenated alkanes) is 1. The highest BCUT2D eigenvalue weighted by Crippen LogP contribution is 2.39. The maximum Gasteiger partial charge on any atom is 0.161 e. The summed E-state index contributed by atoms with van der Waals surface area (Å²) in [6.07, 6.45) is 2.89. The third-order valence-corrected chi connectivity index (χ3v) is 5.56. The first-order chi connectivity index (χ1) is 14.4. The number of hydrogen-bond donors (Lipinski definition) is 4. The molecule has 0 amide bonds. The topological polar surface area (TPSA) is 80.9 Å². The Morgan fingerprint density at radius 1 is 0.667 bits per heavy atom. The number of aromatic hydroxyl groups is 4. The van der Waals surface area contributed by atoms with Crippen LogP contribution in [0.4, 0.5) is 0 Å². The van der Waals surface area contributed by atoms with Gasteiger partial charge in [0.25, 0.3) is 0 Å². The molecule has 0 aliphatic carbocycles. The zero-order chi connectivity index (χ0) is 21.8. The monoisotopic (exact) mass is 404 g/mol.